The summed E-state index contributed by atoms with van der Waals surface area (Å²) >= 11 is 0. The SMILES string of the molecule is COc1ccc(OC)c(CN(C2CC2)S(=O)(=O)c2ccccc2)c1. The van der Waals surface area contributed by atoms with Crippen molar-refractivity contribution in [2.24, 2.45) is 0 Å². The highest BCUT2D eigenvalue weighted by Crippen LogP contribution is 2.35. The number of benzene rings is 2. The molecule has 2 aromatic carbocycles. The van der Waals surface area contributed by atoms with Crippen LogP contribution in [0.25, 0.3) is 0 Å². The molecule has 3 rings (SSSR count). The van der Waals surface area contributed by atoms with Crippen molar-refractivity contribution in [2.75, 3.05) is 14.2 Å². The largest absolute Gasteiger partial charge is 0.497 e. The van der Waals surface area contributed by atoms with E-state index < -0.39 is 10.0 Å². The molecule has 0 bridgehead atoms. The van der Waals surface area contributed by atoms with Gasteiger partial charge in [0.1, 0.15) is 11.5 Å². The van der Waals surface area contributed by atoms with Crippen molar-refractivity contribution in [3.63, 3.8) is 0 Å². The van der Waals surface area contributed by atoms with Gasteiger partial charge in [-0.05, 0) is 43.2 Å². The number of rotatable bonds is 7. The summed E-state index contributed by atoms with van der Waals surface area (Å²) in [5.41, 5.74) is 0.795. The van der Waals surface area contributed by atoms with Crippen molar-refractivity contribution >= 4 is 10.0 Å². The standard InChI is InChI=1S/C18H21NO4S/c1-22-16-10-11-18(23-2)14(12-16)13-19(15-8-9-15)24(20,21)17-6-4-3-5-7-17/h3-7,10-12,15H,8-9,13H2,1-2H3. The lowest BCUT2D eigenvalue weighted by Gasteiger charge is -2.23. The molecule has 0 aliphatic heterocycles. The van der Waals surface area contributed by atoms with Crippen LogP contribution in [-0.2, 0) is 16.6 Å². The highest BCUT2D eigenvalue weighted by molar-refractivity contribution is 7.89. The smallest absolute Gasteiger partial charge is 0.243 e. The van der Waals surface area contributed by atoms with Crippen molar-refractivity contribution in [1.29, 1.82) is 0 Å². The zero-order chi connectivity index (χ0) is 17.2. The third kappa shape index (κ3) is 3.39. The van der Waals surface area contributed by atoms with Crippen LogP contribution in [0.1, 0.15) is 18.4 Å². The third-order valence-corrected chi connectivity index (χ3v) is 6.03. The first-order chi connectivity index (χ1) is 11.6. The molecule has 1 fully saturated rings. The first-order valence-electron chi connectivity index (χ1n) is 7.84. The van der Waals surface area contributed by atoms with Crippen molar-refractivity contribution < 1.29 is 17.9 Å². The van der Waals surface area contributed by atoms with Gasteiger partial charge in [-0.25, -0.2) is 8.42 Å². The van der Waals surface area contributed by atoms with Gasteiger partial charge >= 0.3 is 0 Å². The van der Waals surface area contributed by atoms with Gasteiger partial charge in [-0.3, -0.25) is 0 Å². The van der Waals surface area contributed by atoms with Gasteiger partial charge in [0.05, 0.1) is 19.1 Å². The lowest BCUT2D eigenvalue weighted by molar-refractivity contribution is 0.369. The van der Waals surface area contributed by atoms with Crippen LogP contribution in [-0.4, -0.2) is 33.0 Å². The monoisotopic (exact) mass is 347 g/mol. The summed E-state index contributed by atoms with van der Waals surface area (Å²) in [6.07, 6.45) is 1.77. The lowest BCUT2D eigenvalue weighted by atomic mass is 10.2. The predicted octanol–water partition coefficient (Wildman–Crippen LogP) is 3.06. The maximum absolute atomic E-state index is 13.0. The number of ether oxygens (including phenoxy) is 2. The van der Waals surface area contributed by atoms with E-state index in [0.717, 1.165) is 18.4 Å². The average Bonchev–Trinajstić information content (AvgIpc) is 3.44. The summed E-state index contributed by atoms with van der Waals surface area (Å²) in [5, 5.41) is 0. The second kappa shape index (κ2) is 6.83. The van der Waals surface area contributed by atoms with Crippen LogP contribution in [0.2, 0.25) is 0 Å². The minimum atomic E-state index is -3.54. The van der Waals surface area contributed by atoms with Crippen LogP contribution in [0.5, 0.6) is 11.5 Å². The van der Waals surface area contributed by atoms with Crippen LogP contribution in [0, 0.1) is 0 Å². The van der Waals surface area contributed by atoms with E-state index in [9.17, 15) is 8.42 Å². The molecule has 1 aliphatic rings. The van der Waals surface area contributed by atoms with Gasteiger partial charge in [-0.2, -0.15) is 4.31 Å². The number of sulfonamides is 1. The molecule has 0 unspecified atom stereocenters. The quantitative estimate of drug-likeness (QED) is 0.772. The fourth-order valence-electron chi connectivity index (χ4n) is 2.67. The maximum Gasteiger partial charge on any atom is 0.243 e. The molecular weight excluding hydrogens is 326 g/mol. The number of methoxy groups -OCH3 is 2. The van der Waals surface area contributed by atoms with E-state index in [1.807, 2.05) is 12.1 Å². The van der Waals surface area contributed by atoms with Gasteiger partial charge in [-0.1, -0.05) is 18.2 Å². The summed E-state index contributed by atoms with van der Waals surface area (Å²) in [6, 6.07) is 14.0. The van der Waals surface area contributed by atoms with Crippen molar-refractivity contribution in [3.8, 4) is 11.5 Å². The van der Waals surface area contributed by atoms with Gasteiger partial charge < -0.3 is 9.47 Å². The van der Waals surface area contributed by atoms with E-state index in [4.69, 9.17) is 9.47 Å². The van der Waals surface area contributed by atoms with Gasteiger partial charge in [0.2, 0.25) is 10.0 Å². The molecule has 1 aliphatic carbocycles. The lowest BCUT2D eigenvalue weighted by Crippen LogP contribution is -2.32. The number of nitrogens with zero attached hydrogens (tertiary/aromatic N) is 1. The fourth-order valence-corrected chi connectivity index (χ4v) is 4.36. The summed E-state index contributed by atoms with van der Waals surface area (Å²) < 4.78 is 38.3. The fraction of sp³-hybridized carbons (Fsp3) is 0.333. The maximum atomic E-state index is 13.0. The summed E-state index contributed by atoms with van der Waals surface area (Å²) in [5.74, 6) is 1.34. The Labute approximate surface area is 142 Å². The van der Waals surface area contributed by atoms with Crippen LogP contribution in [0.4, 0.5) is 0 Å². The van der Waals surface area contributed by atoms with E-state index in [1.165, 1.54) is 0 Å². The third-order valence-electron chi connectivity index (χ3n) is 4.12. The van der Waals surface area contributed by atoms with E-state index >= 15 is 0 Å². The summed E-state index contributed by atoms with van der Waals surface area (Å²) in [6.45, 7) is 0.266. The predicted molar refractivity (Wildman–Crippen MR) is 91.7 cm³/mol. The highest BCUT2D eigenvalue weighted by Gasteiger charge is 2.38. The molecule has 0 atom stereocenters. The van der Waals surface area contributed by atoms with E-state index in [-0.39, 0.29) is 12.6 Å². The molecule has 24 heavy (non-hydrogen) atoms. The molecule has 0 aromatic heterocycles. The zero-order valence-corrected chi connectivity index (χ0v) is 14.6. The second-order valence-corrected chi connectivity index (χ2v) is 7.66. The van der Waals surface area contributed by atoms with Crippen LogP contribution in [0.3, 0.4) is 0 Å². The van der Waals surface area contributed by atoms with E-state index in [2.05, 4.69) is 0 Å². The van der Waals surface area contributed by atoms with Gasteiger partial charge in [0, 0.05) is 18.2 Å². The summed E-state index contributed by atoms with van der Waals surface area (Å²) in [7, 11) is -0.374. The molecule has 0 amide bonds. The van der Waals surface area contributed by atoms with Crippen molar-refractivity contribution in [2.45, 2.75) is 30.3 Å². The molecule has 0 spiro atoms. The highest BCUT2D eigenvalue weighted by atomic mass is 32.2. The number of hydrogen-bond acceptors (Lipinski definition) is 4. The van der Waals surface area contributed by atoms with Gasteiger partial charge in [0.15, 0.2) is 0 Å². The van der Waals surface area contributed by atoms with Crippen molar-refractivity contribution in [3.05, 3.63) is 54.1 Å². The Kier molecular flexibility index (Phi) is 4.78. The molecular formula is C18H21NO4S. The first kappa shape index (κ1) is 16.8. The average molecular weight is 347 g/mol. The van der Waals surface area contributed by atoms with Crippen LogP contribution >= 0.6 is 0 Å². The van der Waals surface area contributed by atoms with Crippen LogP contribution in [0.15, 0.2) is 53.4 Å². The Hall–Kier alpha value is -2.05. The molecule has 0 saturated heterocycles. The Morgan fingerprint density at radius 1 is 1.04 bits per heavy atom. The minimum absolute atomic E-state index is 0.0473. The van der Waals surface area contributed by atoms with Crippen molar-refractivity contribution in [1.82, 2.24) is 4.31 Å². The molecule has 0 radical (unpaired) electrons. The second-order valence-electron chi connectivity index (χ2n) is 5.77. The van der Waals surface area contributed by atoms with Gasteiger partial charge in [0.25, 0.3) is 0 Å². The topological polar surface area (TPSA) is 55.8 Å². The molecule has 5 nitrogen and oxygen atoms in total. The summed E-state index contributed by atoms with van der Waals surface area (Å²) in [4.78, 5) is 0.318. The molecule has 0 heterocycles. The Morgan fingerprint density at radius 2 is 1.75 bits per heavy atom. The molecule has 6 heteroatoms. The van der Waals surface area contributed by atoms with Crippen LogP contribution < -0.4 is 9.47 Å². The zero-order valence-electron chi connectivity index (χ0n) is 13.8. The number of hydrogen-bond donors (Lipinski definition) is 0. The minimum Gasteiger partial charge on any atom is -0.497 e. The Balaban J connectivity index is 1.96. The normalized spacial score (nSPS) is 14.6. The first-order valence-corrected chi connectivity index (χ1v) is 9.28. The molecule has 2 aromatic rings. The molecule has 128 valence electrons. The van der Waals surface area contributed by atoms with Gasteiger partial charge in [-0.15, -0.1) is 0 Å². The molecule has 1 saturated carbocycles. The molecule has 0 N–H and O–H groups in total. The van der Waals surface area contributed by atoms with E-state index in [0.29, 0.717) is 16.4 Å². The Morgan fingerprint density at radius 3 is 2.33 bits per heavy atom. The Bertz CT molecular complexity index is 801. The van der Waals surface area contributed by atoms with E-state index in [1.54, 1.807) is 54.9 Å².